The molecule has 3 heteroatoms. The van der Waals surface area contributed by atoms with Crippen LogP contribution in [0.1, 0.15) is 24.0 Å². The van der Waals surface area contributed by atoms with Gasteiger partial charge in [0.25, 0.3) is 0 Å². The molecule has 1 fully saturated rings. The molecule has 0 unspecified atom stereocenters. The Bertz CT molecular complexity index is 408. The lowest BCUT2D eigenvalue weighted by atomic mass is 9.96. The van der Waals surface area contributed by atoms with E-state index in [1.165, 1.54) is 6.07 Å². The van der Waals surface area contributed by atoms with Gasteiger partial charge in [-0.1, -0.05) is 12.1 Å². The van der Waals surface area contributed by atoms with Crippen LogP contribution < -0.4 is 0 Å². The molecule has 0 aromatic heterocycles. The molecular weight excluding hydrogens is 195 g/mol. The van der Waals surface area contributed by atoms with Gasteiger partial charge in [0.2, 0.25) is 0 Å². The molecule has 1 N–H and O–H groups in total. The molecule has 0 saturated heterocycles. The van der Waals surface area contributed by atoms with Crippen LogP contribution in [-0.4, -0.2) is 11.1 Å². The lowest BCUT2D eigenvalue weighted by Crippen LogP contribution is -2.17. The highest BCUT2D eigenvalue weighted by molar-refractivity contribution is 5.78. The maximum absolute atomic E-state index is 13.2. The Morgan fingerprint density at radius 2 is 2.20 bits per heavy atom. The maximum atomic E-state index is 13.2. The quantitative estimate of drug-likeness (QED) is 0.828. The first-order chi connectivity index (χ1) is 7.03. The Morgan fingerprint density at radius 3 is 2.67 bits per heavy atom. The fraction of sp³-hybridized carbons (Fsp3) is 0.417. The highest BCUT2D eigenvalue weighted by Crippen LogP contribution is 2.48. The molecule has 80 valence electrons. The molecule has 1 aliphatic rings. The number of carboxylic acid groups (broad SMARTS) is 1. The molecule has 1 aromatic carbocycles. The molecule has 1 saturated carbocycles. The third-order valence-electron chi connectivity index (χ3n) is 3.09. The van der Waals surface area contributed by atoms with E-state index in [9.17, 15) is 9.18 Å². The molecule has 1 aliphatic carbocycles. The summed E-state index contributed by atoms with van der Waals surface area (Å²) in [5.41, 5.74) is 0.763. The molecule has 0 spiro atoms. The minimum atomic E-state index is -0.761. The summed E-state index contributed by atoms with van der Waals surface area (Å²) in [5, 5.41) is 9.00. The molecule has 0 aliphatic heterocycles. The summed E-state index contributed by atoms with van der Waals surface area (Å²) in [4.78, 5) is 10.9. The molecule has 1 aromatic rings. The molecule has 0 radical (unpaired) electrons. The van der Waals surface area contributed by atoms with Crippen molar-refractivity contribution in [2.75, 3.05) is 0 Å². The monoisotopic (exact) mass is 208 g/mol. The predicted octanol–water partition coefficient (Wildman–Crippen LogP) is 2.54. The summed E-state index contributed by atoms with van der Waals surface area (Å²) in [6.45, 7) is 1.70. The van der Waals surface area contributed by atoms with Crippen LogP contribution in [0.4, 0.5) is 4.39 Å². The number of rotatable bonds is 3. The lowest BCUT2D eigenvalue weighted by molar-refractivity contribution is -0.143. The molecule has 0 bridgehead atoms. The van der Waals surface area contributed by atoms with E-state index in [-0.39, 0.29) is 5.82 Å². The van der Waals surface area contributed by atoms with Crippen molar-refractivity contribution in [3.63, 3.8) is 0 Å². The van der Waals surface area contributed by atoms with Gasteiger partial charge >= 0.3 is 5.97 Å². The minimum Gasteiger partial charge on any atom is -0.481 e. The van der Waals surface area contributed by atoms with Gasteiger partial charge in [-0.3, -0.25) is 4.79 Å². The smallest absolute Gasteiger partial charge is 0.309 e. The Morgan fingerprint density at radius 1 is 1.53 bits per heavy atom. The summed E-state index contributed by atoms with van der Waals surface area (Å²) in [5.74, 6) is -1.02. The van der Waals surface area contributed by atoms with Crippen molar-refractivity contribution in [1.82, 2.24) is 0 Å². The molecule has 15 heavy (non-hydrogen) atoms. The Balaban J connectivity index is 2.18. The number of hydrogen-bond donors (Lipinski definition) is 1. The zero-order valence-corrected chi connectivity index (χ0v) is 8.59. The van der Waals surface area contributed by atoms with Gasteiger partial charge in [0.1, 0.15) is 5.82 Å². The topological polar surface area (TPSA) is 37.3 Å². The van der Waals surface area contributed by atoms with Crippen molar-refractivity contribution in [3.05, 3.63) is 35.1 Å². The number of hydrogen-bond acceptors (Lipinski definition) is 1. The van der Waals surface area contributed by atoms with Crippen LogP contribution in [0.25, 0.3) is 0 Å². The number of aryl methyl sites for hydroxylation is 1. The van der Waals surface area contributed by atoms with Gasteiger partial charge in [-0.25, -0.2) is 4.39 Å². The van der Waals surface area contributed by atoms with Crippen LogP contribution in [0.15, 0.2) is 18.2 Å². The number of halogens is 1. The van der Waals surface area contributed by atoms with Gasteiger partial charge in [-0.05, 0) is 43.4 Å². The van der Waals surface area contributed by atoms with Crippen LogP contribution in [0, 0.1) is 18.2 Å². The van der Waals surface area contributed by atoms with Crippen LogP contribution in [0.2, 0.25) is 0 Å². The minimum absolute atomic E-state index is 0.256. The number of benzene rings is 1. The Labute approximate surface area is 87.7 Å². The summed E-state index contributed by atoms with van der Waals surface area (Å²) in [7, 11) is 0. The van der Waals surface area contributed by atoms with Crippen LogP contribution >= 0.6 is 0 Å². The summed E-state index contributed by atoms with van der Waals surface area (Å²) >= 11 is 0. The Kier molecular flexibility index (Phi) is 2.25. The van der Waals surface area contributed by atoms with Gasteiger partial charge in [0.15, 0.2) is 0 Å². The van der Waals surface area contributed by atoms with E-state index >= 15 is 0 Å². The van der Waals surface area contributed by atoms with Gasteiger partial charge in [0.05, 0.1) is 5.41 Å². The fourth-order valence-corrected chi connectivity index (χ4v) is 1.75. The first kappa shape index (κ1) is 10.1. The maximum Gasteiger partial charge on any atom is 0.309 e. The third kappa shape index (κ3) is 1.87. The SMILES string of the molecule is Cc1ccc(CC2(C(=O)O)CC2)cc1F. The van der Waals surface area contributed by atoms with Crippen molar-refractivity contribution in [3.8, 4) is 0 Å². The van der Waals surface area contributed by atoms with E-state index in [0.29, 0.717) is 24.8 Å². The van der Waals surface area contributed by atoms with Crippen molar-refractivity contribution in [2.45, 2.75) is 26.2 Å². The second-order valence-corrected chi connectivity index (χ2v) is 4.35. The molecule has 2 nitrogen and oxygen atoms in total. The lowest BCUT2D eigenvalue weighted by Gasteiger charge is -2.09. The normalized spacial score (nSPS) is 17.5. The van der Waals surface area contributed by atoms with Gasteiger partial charge in [-0.15, -0.1) is 0 Å². The first-order valence-corrected chi connectivity index (χ1v) is 5.02. The molecule has 0 amide bonds. The zero-order chi connectivity index (χ0) is 11.1. The van der Waals surface area contributed by atoms with Crippen LogP contribution in [-0.2, 0) is 11.2 Å². The van der Waals surface area contributed by atoms with Crippen molar-refractivity contribution in [2.24, 2.45) is 5.41 Å². The largest absolute Gasteiger partial charge is 0.481 e. The summed E-state index contributed by atoms with van der Waals surface area (Å²) in [6, 6.07) is 4.95. The molecule has 2 rings (SSSR count). The second kappa shape index (κ2) is 3.33. The van der Waals surface area contributed by atoms with Crippen molar-refractivity contribution >= 4 is 5.97 Å². The zero-order valence-electron chi connectivity index (χ0n) is 8.59. The van der Waals surface area contributed by atoms with E-state index in [2.05, 4.69) is 0 Å². The van der Waals surface area contributed by atoms with Crippen LogP contribution in [0.3, 0.4) is 0 Å². The van der Waals surface area contributed by atoms with Gasteiger partial charge in [-0.2, -0.15) is 0 Å². The first-order valence-electron chi connectivity index (χ1n) is 5.02. The highest BCUT2D eigenvalue weighted by atomic mass is 19.1. The van der Waals surface area contributed by atoms with Crippen molar-refractivity contribution in [1.29, 1.82) is 0 Å². The molecular formula is C12H13FO2. The average molecular weight is 208 g/mol. The van der Waals surface area contributed by atoms with Gasteiger partial charge in [0, 0.05) is 0 Å². The fourth-order valence-electron chi connectivity index (χ4n) is 1.75. The van der Waals surface area contributed by atoms with E-state index in [1.54, 1.807) is 19.1 Å². The average Bonchev–Trinajstić information content (AvgIpc) is 2.93. The second-order valence-electron chi connectivity index (χ2n) is 4.35. The highest BCUT2D eigenvalue weighted by Gasteiger charge is 2.49. The van der Waals surface area contributed by atoms with E-state index < -0.39 is 11.4 Å². The third-order valence-corrected chi connectivity index (χ3v) is 3.09. The Hall–Kier alpha value is -1.38. The number of carbonyl (C=O) groups is 1. The van der Waals surface area contributed by atoms with E-state index in [1.807, 2.05) is 0 Å². The summed E-state index contributed by atoms with van der Waals surface area (Å²) in [6.07, 6.45) is 1.86. The summed E-state index contributed by atoms with van der Waals surface area (Å²) < 4.78 is 13.2. The van der Waals surface area contributed by atoms with E-state index in [0.717, 1.165) is 5.56 Å². The van der Waals surface area contributed by atoms with Gasteiger partial charge < -0.3 is 5.11 Å². The standard InChI is InChI=1S/C12H13FO2/c1-8-2-3-9(6-10(8)13)7-12(4-5-12)11(14)15/h2-3,6H,4-5,7H2,1H3,(H,14,15). The molecule has 0 heterocycles. The number of aliphatic carboxylic acids is 1. The number of carboxylic acids is 1. The van der Waals surface area contributed by atoms with E-state index in [4.69, 9.17) is 5.11 Å². The predicted molar refractivity (Wildman–Crippen MR) is 54.1 cm³/mol. The van der Waals surface area contributed by atoms with Crippen molar-refractivity contribution < 1.29 is 14.3 Å². The molecule has 0 atom stereocenters. The van der Waals surface area contributed by atoms with Crippen LogP contribution in [0.5, 0.6) is 0 Å².